The quantitative estimate of drug-likeness (QED) is 0.324. The van der Waals surface area contributed by atoms with Gasteiger partial charge in [-0.05, 0) is 37.0 Å². The van der Waals surface area contributed by atoms with E-state index in [0.717, 1.165) is 25.7 Å². The van der Waals surface area contributed by atoms with Crippen molar-refractivity contribution in [1.29, 1.82) is 0 Å². The van der Waals surface area contributed by atoms with E-state index in [9.17, 15) is 9.59 Å². The molecule has 3 heteroatoms. The standard InChI is InChI=1S/C24H39NO2/c1-3-5-12-18(4-2)17-25-23(26)21-16-11-10-15-20(22(21)24(25)27)19-13-8-6-7-9-14-19/h10-11,18-22H,3-9,12-17H2,1-2H3. The van der Waals surface area contributed by atoms with Crippen LogP contribution in [0.1, 0.15) is 90.9 Å². The monoisotopic (exact) mass is 373 g/mol. The third-order valence-corrected chi connectivity index (χ3v) is 7.48. The first-order valence-electron chi connectivity index (χ1n) is 11.7. The van der Waals surface area contributed by atoms with Gasteiger partial charge < -0.3 is 0 Å². The van der Waals surface area contributed by atoms with Crippen LogP contribution in [0.25, 0.3) is 0 Å². The molecule has 3 rings (SSSR count). The molecule has 27 heavy (non-hydrogen) atoms. The summed E-state index contributed by atoms with van der Waals surface area (Å²) in [6.45, 7) is 5.06. The molecule has 0 aromatic heterocycles. The Labute approximate surface area is 166 Å². The van der Waals surface area contributed by atoms with E-state index in [1.807, 2.05) is 0 Å². The molecule has 0 N–H and O–H groups in total. The van der Waals surface area contributed by atoms with Crippen LogP contribution in [-0.4, -0.2) is 23.3 Å². The Bertz CT molecular complexity index is 532. The molecule has 0 aromatic carbocycles. The lowest BCUT2D eigenvalue weighted by Gasteiger charge is -2.30. The van der Waals surface area contributed by atoms with E-state index in [-0.39, 0.29) is 23.7 Å². The molecule has 1 aliphatic heterocycles. The van der Waals surface area contributed by atoms with E-state index in [4.69, 9.17) is 0 Å². The fraction of sp³-hybridized carbons (Fsp3) is 0.833. The van der Waals surface area contributed by atoms with Crippen LogP contribution in [0.5, 0.6) is 0 Å². The normalized spacial score (nSPS) is 30.9. The fourth-order valence-electron chi connectivity index (χ4n) is 5.77. The van der Waals surface area contributed by atoms with Gasteiger partial charge in [-0.2, -0.15) is 0 Å². The lowest BCUT2D eigenvalue weighted by atomic mass is 9.72. The van der Waals surface area contributed by atoms with Crippen LogP contribution < -0.4 is 0 Å². The van der Waals surface area contributed by atoms with E-state index < -0.39 is 0 Å². The minimum Gasteiger partial charge on any atom is -0.282 e. The molecule has 2 aliphatic carbocycles. The molecule has 0 aromatic rings. The highest BCUT2D eigenvalue weighted by Gasteiger charge is 2.52. The number of hydrogen-bond acceptors (Lipinski definition) is 2. The van der Waals surface area contributed by atoms with Gasteiger partial charge in [-0.25, -0.2) is 0 Å². The predicted octanol–water partition coefficient (Wildman–Crippen LogP) is 5.74. The zero-order chi connectivity index (χ0) is 19.2. The number of fused-ring (bicyclic) bond motifs is 1. The fourth-order valence-corrected chi connectivity index (χ4v) is 5.77. The number of amides is 2. The third kappa shape index (κ3) is 4.66. The van der Waals surface area contributed by atoms with E-state index in [1.165, 1.54) is 51.4 Å². The first kappa shape index (κ1) is 20.6. The van der Waals surface area contributed by atoms with Gasteiger partial charge in [0.15, 0.2) is 0 Å². The summed E-state index contributed by atoms with van der Waals surface area (Å²) in [7, 11) is 0. The molecule has 1 saturated heterocycles. The van der Waals surface area contributed by atoms with Gasteiger partial charge in [0.25, 0.3) is 0 Å². The van der Waals surface area contributed by atoms with Crippen LogP contribution in [0.3, 0.4) is 0 Å². The van der Waals surface area contributed by atoms with Crippen molar-refractivity contribution in [3.8, 4) is 0 Å². The second-order valence-electron chi connectivity index (χ2n) is 9.19. The highest BCUT2D eigenvalue weighted by atomic mass is 16.2. The van der Waals surface area contributed by atoms with Gasteiger partial charge >= 0.3 is 0 Å². The van der Waals surface area contributed by atoms with E-state index in [2.05, 4.69) is 26.0 Å². The maximum Gasteiger partial charge on any atom is 0.233 e. The van der Waals surface area contributed by atoms with Crippen LogP contribution in [0.2, 0.25) is 0 Å². The minimum atomic E-state index is -0.0896. The van der Waals surface area contributed by atoms with Gasteiger partial charge in [-0.15, -0.1) is 0 Å². The molecule has 3 aliphatic rings. The highest BCUT2D eigenvalue weighted by Crippen LogP contribution is 2.45. The Morgan fingerprint density at radius 2 is 1.70 bits per heavy atom. The number of unbranched alkanes of at least 4 members (excludes halogenated alkanes) is 1. The van der Waals surface area contributed by atoms with Crippen LogP contribution in [0, 0.1) is 29.6 Å². The molecule has 0 bridgehead atoms. The van der Waals surface area contributed by atoms with Crippen molar-refractivity contribution < 1.29 is 9.59 Å². The lowest BCUT2D eigenvalue weighted by Crippen LogP contribution is -2.37. The van der Waals surface area contributed by atoms with E-state index in [1.54, 1.807) is 4.90 Å². The zero-order valence-electron chi connectivity index (χ0n) is 17.5. The molecule has 2 amide bonds. The van der Waals surface area contributed by atoms with Gasteiger partial charge in [-0.1, -0.05) is 83.8 Å². The maximum absolute atomic E-state index is 13.4. The molecule has 4 unspecified atom stereocenters. The summed E-state index contributed by atoms with van der Waals surface area (Å²) in [4.78, 5) is 28.3. The Hall–Kier alpha value is -1.12. The summed E-state index contributed by atoms with van der Waals surface area (Å²) in [6.07, 6.45) is 18.5. The summed E-state index contributed by atoms with van der Waals surface area (Å²) < 4.78 is 0. The summed E-state index contributed by atoms with van der Waals surface area (Å²) in [5, 5.41) is 0. The Morgan fingerprint density at radius 1 is 1.00 bits per heavy atom. The molecule has 152 valence electrons. The van der Waals surface area contributed by atoms with Crippen molar-refractivity contribution in [2.75, 3.05) is 6.54 Å². The Kier molecular flexibility index (Phi) is 7.55. The molecular formula is C24H39NO2. The number of likely N-dealkylation sites (tertiary alicyclic amines) is 1. The summed E-state index contributed by atoms with van der Waals surface area (Å²) >= 11 is 0. The molecule has 0 radical (unpaired) electrons. The van der Waals surface area contributed by atoms with E-state index in [0.29, 0.717) is 24.3 Å². The number of carbonyl (C=O) groups is 2. The van der Waals surface area contributed by atoms with Crippen molar-refractivity contribution >= 4 is 11.8 Å². The SMILES string of the molecule is CCCCC(CC)CN1C(=O)C2CC=CCC(C3CCCCCC3)C2C1=O. The number of allylic oxidation sites excluding steroid dienone is 2. The molecule has 2 fully saturated rings. The van der Waals surface area contributed by atoms with E-state index >= 15 is 0 Å². The van der Waals surface area contributed by atoms with Crippen LogP contribution in [-0.2, 0) is 9.59 Å². The van der Waals surface area contributed by atoms with Gasteiger partial charge in [0.1, 0.15) is 0 Å². The summed E-state index contributed by atoms with van der Waals surface area (Å²) in [5.74, 6) is 1.62. The summed E-state index contributed by atoms with van der Waals surface area (Å²) in [5.41, 5.74) is 0. The molecule has 1 saturated carbocycles. The van der Waals surface area contributed by atoms with Crippen molar-refractivity contribution in [2.24, 2.45) is 29.6 Å². The number of nitrogens with zero attached hydrogens (tertiary/aromatic N) is 1. The van der Waals surface area contributed by atoms with Crippen molar-refractivity contribution in [3.05, 3.63) is 12.2 Å². The topological polar surface area (TPSA) is 37.4 Å². The molecule has 3 nitrogen and oxygen atoms in total. The summed E-state index contributed by atoms with van der Waals surface area (Å²) in [6, 6.07) is 0. The van der Waals surface area contributed by atoms with Crippen LogP contribution in [0.15, 0.2) is 12.2 Å². The van der Waals surface area contributed by atoms with Crippen LogP contribution >= 0.6 is 0 Å². The largest absolute Gasteiger partial charge is 0.282 e. The predicted molar refractivity (Wildman–Crippen MR) is 110 cm³/mol. The average Bonchev–Trinajstić information content (AvgIpc) is 2.97. The first-order chi connectivity index (χ1) is 13.2. The number of rotatable bonds is 7. The zero-order valence-corrected chi connectivity index (χ0v) is 17.5. The number of imide groups is 1. The average molecular weight is 374 g/mol. The van der Waals surface area contributed by atoms with Crippen LogP contribution in [0.4, 0.5) is 0 Å². The maximum atomic E-state index is 13.4. The minimum absolute atomic E-state index is 0.0562. The molecule has 0 spiro atoms. The van der Waals surface area contributed by atoms with Crippen molar-refractivity contribution in [3.63, 3.8) is 0 Å². The Morgan fingerprint density at radius 3 is 2.37 bits per heavy atom. The second kappa shape index (κ2) is 9.89. The molecular weight excluding hydrogens is 334 g/mol. The molecule has 1 heterocycles. The second-order valence-corrected chi connectivity index (χ2v) is 9.19. The molecule has 4 atom stereocenters. The smallest absolute Gasteiger partial charge is 0.233 e. The third-order valence-electron chi connectivity index (χ3n) is 7.48. The van der Waals surface area contributed by atoms with Gasteiger partial charge in [0, 0.05) is 6.54 Å². The Balaban J connectivity index is 1.76. The van der Waals surface area contributed by atoms with Crippen molar-refractivity contribution in [2.45, 2.75) is 90.9 Å². The first-order valence-corrected chi connectivity index (χ1v) is 11.7. The van der Waals surface area contributed by atoms with Gasteiger partial charge in [0.05, 0.1) is 11.8 Å². The van der Waals surface area contributed by atoms with Gasteiger partial charge in [-0.3, -0.25) is 14.5 Å². The highest BCUT2D eigenvalue weighted by molar-refractivity contribution is 6.05. The van der Waals surface area contributed by atoms with Gasteiger partial charge in [0.2, 0.25) is 11.8 Å². The number of carbonyl (C=O) groups excluding carboxylic acids is 2. The van der Waals surface area contributed by atoms with Crippen molar-refractivity contribution in [1.82, 2.24) is 4.90 Å². The lowest BCUT2D eigenvalue weighted by molar-refractivity contribution is -0.141. The number of hydrogen-bond donors (Lipinski definition) is 0.